The quantitative estimate of drug-likeness (QED) is 0.518. The number of nitrogens with one attached hydrogen (secondary N) is 1. The van der Waals surface area contributed by atoms with E-state index in [0.717, 1.165) is 22.4 Å². The van der Waals surface area contributed by atoms with Crippen molar-refractivity contribution in [2.45, 2.75) is 26.9 Å². The van der Waals surface area contributed by atoms with E-state index in [1.54, 1.807) is 0 Å². The number of nitrogens with zero attached hydrogens (tertiary/aromatic N) is 6. The highest BCUT2D eigenvalue weighted by Gasteiger charge is 2.20. The van der Waals surface area contributed by atoms with E-state index in [2.05, 4.69) is 26.8 Å². The number of benzene rings is 1. The van der Waals surface area contributed by atoms with E-state index in [9.17, 15) is 10.1 Å². The number of nitriles is 1. The first-order chi connectivity index (χ1) is 14.6. The highest BCUT2D eigenvalue weighted by Crippen LogP contribution is 2.27. The van der Waals surface area contributed by atoms with Crippen molar-refractivity contribution in [3.63, 3.8) is 0 Å². The summed E-state index contributed by atoms with van der Waals surface area (Å²) in [4.78, 5) is 14.0. The van der Waals surface area contributed by atoms with Gasteiger partial charge in [0.1, 0.15) is 18.4 Å². The van der Waals surface area contributed by atoms with Crippen LogP contribution in [0.4, 0.5) is 5.82 Å². The number of amides is 1. The first-order valence-corrected chi connectivity index (χ1v) is 10.2. The maximum Gasteiger partial charge on any atom is 0.249 e. The van der Waals surface area contributed by atoms with Crippen LogP contribution in [-0.2, 0) is 17.9 Å². The SMILES string of the molecule is Cc1c(C#N)c(NC(=O)Cn2nnc(-c3ccsc3)n2)n(Cc2ccccc2)c1C. The van der Waals surface area contributed by atoms with Crippen LogP contribution in [0, 0.1) is 25.2 Å². The zero-order chi connectivity index (χ0) is 21.1. The highest BCUT2D eigenvalue weighted by atomic mass is 32.1. The largest absolute Gasteiger partial charge is 0.326 e. The minimum atomic E-state index is -0.326. The maximum atomic E-state index is 12.7. The molecule has 0 saturated carbocycles. The maximum absolute atomic E-state index is 12.7. The molecule has 0 aliphatic heterocycles. The zero-order valence-electron chi connectivity index (χ0n) is 16.5. The van der Waals surface area contributed by atoms with Gasteiger partial charge < -0.3 is 9.88 Å². The van der Waals surface area contributed by atoms with Crippen molar-refractivity contribution in [2.75, 3.05) is 5.32 Å². The van der Waals surface area contributed by atoms with Gasteiger partial charge in [0.05, 0.1) is 5.56 Å². The number of aromatic nitrogens is 5. The summed E-state index contributed by atoms with van der Waals surface area (Å²) in [5.41, 5.74) is 4.18. The summed E-state index contributed by atoms with van der Waals surface area (Å²) in [5, 5.41) is 28.6. The standard InChI is InChI=1S/C21H19N7OS/c1-14-15(2)27(11-16-6-4-3-5-7-16)21(18(14)10-22)23-19(29)12-28-25-20(24-26-28)17-8-9-30-13-17/h3-9,13H,11-12H2,1-2H3,(H,23,29). The summed E-state index contributed by atoms with van der Waals surface area (Å²) in [5.74, 6) is 0.632. The van der Waals surface area contributed by atoms with Gasteiger partial charge in [0.15, 0.2) is 0 Å². The molecular weight excluding hydrogens is 398 g/mol. The van der Waals surface area contributed by atoms with Gasteiger partial charge in [-0.2, -0.15) is 21.4 Å². The van der Waals surface area contributed by atoms with E-state index in [1.807, 2.05) is 65.6 Å². The molecule has 1 N–H and O–H groups in total. The van der Waals surface area contributed by atoms with E-state index in [1.165, 1.54) is 16.1 Å². The fraction of sp³-hybridized carbons (Fsp3) is 0.190. The predicted molar refractivity (Wildman–Crippen MR) is 114 cm³/mol. The molecule has 1 aromatic carbocycles. The Kier molecular flexibility index (Phi) is 5.41. The molecule has 0 aliphatic rings. The molecule has 0 fully saturated rings. The molecule has 4 aromatic rings. The number of hydrogen-bond acceptors (Lipinski definition) is 6. The lowest BCUT2D eigenvalue weighted by Crippen LogP contribution is -2.23. The Morgan fingerprint density at radius 3 is 2.73 bits per heavy atom. The van der Waals surface area contributed by atoms with Crippen molar-refractivity contribution < 1.29 is 4.79 Å². The van der Waals surface area contributed by atoms with Crippen molar-refractivity contribution >= 4 is 23.1 Å². The second-order valence-corrected chi connectivity index (χ2v) is 7.60. The summed E-state index contributed by atoms with van der Waals surface area (Å²) < 4.78 is 1.95. The van der Waals surface area contributed by atoms with Gasteiger partial charge in [-0.25, -0.2) is 0 Å². The highest BCUT2D eigenvalue weighted by molar-refractivity contribution is 7.08. The Labute approximate surface area is 177 Å². The minimum absolute atomic E-state index is 0.101. The number of anilines is 1. The Morgan fingerprint density at radius 2 is 2.03 bits per heavy atom. The molecule has 150 valence electrons. The smallest absolute Gasteiger partial charge is 0.249 e. The molecule has 4 rings (SSSR count). The van der Waals surface area contributed by atoms with Crippen LogP contribution in [0.5, 0.6) is 0 Å². The average Bonchev–Trinajstić information content (AvgIpc) is 3.47. The fourth-order valence-corrected chi connectivity index (χ4v) is 3.85. The Bertz CT molecular complexity index is 1220. The van der Waals surface area contributed by atoms with E-state index in [4.69, 9.17) is 0 Å². The third-order valence-electron chi connectivity index (χ3n) is 4.90. The molecule has 0 unspecified atom stereocenters. The summed E-state index contributed by atoms with van der Waals surface area (Å²) in [6.45, 7) is 4.28. The third-order valence-corrected chi connectivity index (χ3v) is 5.58. The van der Waals surface area contributed by atoms with Crippen LogP contribution < -0.4 is 5.32 Å². The summed E-state index contributed by atoms with van der Waals surface area (Å²) >= 11 is 1.54. The first-order valence-electron chi connectivity index (χ1n) is 9.30. The Balaban J connectivity index is 1.57. The second kappa shape index (κ2) is 8.31. The van der Waals surface area contributed by atoms with Gasteiger partial charge in [-0.3, -0.25) is 4.79 Å². The van der Waals surface area contributed by atoms with Crippen LogP contribution in [-0.4, -0.2) is 30.7 Å². The van der Waals surface area contributed by atoms with Gasteiger partial charge in [0, 0.05) is 23.2 Å². The van der Waals surface area contributed by atoms with Gasteiger partial charge in [0.2, 0.25) is 11.7 Å². The molecule has 30 heavy (non-hydrogen) atoms. The van der Waals surface area contributed by atoms with Crippen molar-refractivity contribution in [2.24, 2.45) is 0 Å². The molecule has 0 aliphatic carbocycles. The van der Waals surface area contributed by atoms with E-state index in [-0.39, 0.29) is 12.5 Å². The molecule has 3 heterocycles. The van der Waals surface area contributed by atoms with E-state index in [0.29, 0.717) is 23.8 Å². The van der Waals surface area contributed by atoms with Gasteiger partial charge in [-0.05, 0) is 41.6 Å². The third kappa shape index (κ3) is 3.86. The zero-order valence-corrected chi connectivity index (χ0v) is 17.3. The van der Waals surface area contributed by atoms with Gasteiger partial charge in [-0.1, -0.05) is 30.3 Å². The van der Waals surface area contributed by atoms with Crippen molar-refractivity contribution in [1.29, 1.82) is 5.26 Å². The lowest BCUT2D eigenvalue weighted by molar-refractivity contribution is -0.117. The Hall–Kier alpha value is -3.77. The number of rotatable bonds is 6. The van der Waals surface area contributed by atoms with Crippen LogP contribution in [0.1, 0.15) is 22.4 Å². The number of carbonyl (C=O) groups is 1. The number of tetrazole rings is 1. The number of thiophene rings is 1. The molecule has 0 radical (unpaired) electrons. The van der Waals surface area contributed by atoms with E-state index >= 15 is 0 Å². The lowest BCUT2D eigenvalue weighted by Gasteiger charge is -2.13. The molecule has 0 bridgehead atoms. The summed E-state index contributed by atoms with van der Waals surface area (Å²) in [6, 6.07) is 14.0. The molecule has 0 spiro atoms. The summed E-state index contributed by atoms with van der Waals surface area (Å²) in [6.07, 6.45) is 0. The molecule has 1 amide bonds. The monoisotopic (exact) mass is 417 g/mol. The number of carbonyl (C=O) groups excluding carboxylic acids is 1. The van der Waals surface area contributed by atoms with Gasteiger partial charge >= 0.3 is 0 Å². The topological polar surface area (TPSA) is 101 Å². The minimum Gasteiger partial charge on any atom is -0.326 e. The summed E-state index contributed by atoms with van der Waals surface area (Å²) in [7, 11) is 0. The average molecular weight is 417 g/mol. The predicted octanol–water partition coefficient (Wildman–Crippen LogP) is 3.38. The molecule has 0 atom stereocenters. The molecule has 8 nitrogen and oxygen atoms in total. The first kappa shape index (κ1) is 19.5. The Morgan fingerprint density at radius 1 is 1.23 bits per heavy atom. The lowest BCUT2D eigenvalue weighted by atomic mass is 10.2. The van der Waals surface area contributed by atoms with Gasteiger partial charge in [0.25, 0.3) is 0 Å². The second-order valence-electron chi connectivity index (χ2n) is 6.82. The van der Waals surface area contributed by atoms with Crippen molar-refractivity contribution in [3.8, 4) is 17.5 Å². The molecule has 0 saturated heterocycles. The molecular formula is C21H19N7OS. The van der Waals surface area contributed by atoms with Crippen molar-refractivity contribution in [1.82, 2.24) is 24.8 Å². The van der Waals surface area contributed by atoms with Crippen molar-refractivity contribution in [3.05, 3.63) is 69.5 Å². The fourth-order valence-electron chi connectivity index (χ4n) is 3.21. The van der Waals surface area contributed by atoms with Crippen LogP contribution in [0.25, 0.3) is 11.4 Å². The normalized spacial score (nSPS) is 10.7. The number of hydrogen-bond donors (Lipinski definition) is 1. The van der Waals surface area contributed by atoms with Crippen LogP contribution >= 0.6 is 11.3 Å². The van der Waals surface area contributed by atoms with E-state index < -0.39 is 0 Å². The molecule has 9 heteroatoms. The van der Waals surface area contributed by atoms with Crippen LogP contribution in [0.15, 0.2) is 47.2 Å². The van der Waals surface area contributed by atoms with Crippen LogP contribution in [0.3, 0.4) is 0 Å². The van der Waals surface area contributed by atoms with Crippen LogP contribution in [0.2, 0.25) is 0 Å². The van der Waals surface area contributed by atoms with Gasteiger partial charge in [-0.15, -0.1) is 10.2 Å². The molecule has 3 aromatic heterocycles.